The molecule has 0 unspecified atom stereocenters. The second kappa shape index (κ2) is 6.82. The zero-order chi connectivity index (χ0) is 15.6. The van der Waals surface area contributed by atoms with Gasteiger partial charge in [-0.05, 0) is 74.4 Å². The molecule has 2 aromatic carbocycles. The highest BCUT2D eigenvalue weighted by Crippen LogP contribution is 2.28. The minimum atomic E-state index is -3.71. The number of nitrogens with two attached hydrogens (primary N) is 1. The van der Waals surface area contributed by atoms with E-state index in [1.54, 1.807) is 36.4 Å². The molecule has 0 heterocycles. The second-order valence-electron chi connectivity index (χ2n) is 4.20. The molecule has 0 aromatic heterocycles. The molecule has 0 amide bonds. The molecule has 0 aliphatic rings. The molecular formula is C13H11BrClIN2O2S. The highest BCUT2D eigenvalue weighted by molar-refractivity contribution is 14.1. The maximum atomic E-state index is 12.5. The number of anilines is 1. The summed E-state index contributed by atoms with van der Waals surface area (Å²) in [5.74, 6) is 0. The topological polar surface area (TPSA) is 72.2 Å². The zero-order valence-electron chi connectivity index (χ0n) is 10.6. The molecule has 0 fully saturated rings. The number of hydrogen-bond acceptors (Lipinski definition) is 3. The third-order valence-corrected chi connectivity index (χ3v) is 6.18. The molecule has 0 radical (unpaired) electrons. The van der Waals surface area contributed by atoms with E-state index in [1.165, 1.54) is 0 Å². The molecule has 2 rings (SSSR count). The average Bonchev–Trinajstić information content (AvgIpc) is 2.42. The first-order valence-corrected chi connectivity index (χ1v) is 9.53. The maximum Gasteiger partial charge on any atom is 0.263 e. The van der Waals surface area contributed by atoms with E-state index in [9.17, 15) is 8.42 Å². The third kappa shape index (κ3) is 4.10. The maximum absolute atomic E-state index is 12.5. The molecule has 0 atom stereocenters. The van der Waals surface area contributed by atoms with Crippen molar-refractivity contribution in [1.82, 2.24) is 0 Å². The first-order valence-electron chi connectivity index (χ1n) is 5.80. The van der Waals surface area contributed by atoms with Gasteiger partial charge in [0.25, 0.3) is 10.0 Å². The molecule has 8 heteroatoms. The van der Waals surface area contributed by atoms with Crippen LogP contribution in [0.25, 0.3) is 0 Å². The van der Waals surface area contributed by atoms with Crippen molar-refractivity contribution in [1.29, 1.82) is 0 Å². The van der Waals surface area contributed by atoms with Gasteiger partial charge in [-0.2, -0.15) is 0 Å². The van der Waals surface area contributed by atoms with Crippen molar-refractivity contribution in [2.75, 3.05) is 4.72 Å². The van der Waals surface area contributed by atoms with Crippen molar-refractivity contribution in [2.45, 2.75) is 11.4 Å². The molecule has 0 aliphatic carbocycles. The van der Waals surface area contributed by atoms with Gasteiger partial charge in [0.15, 0.2) is 0 Å². The van der Waals surface area contributed by atoms with E-state index < -0.39 is 10.0 Å². The van der Waals surface area contributed by atoms with E-state index >= 15 is 0 Å². The van der Waals surface area contributed by atoms with Crippen molar-refractivity contribution < 1.29 is 8.42 Å². The van der Waals surface area contributed by atoms with Gasteiger partial charge in [0.2, 0.25) is 0 Å². The van der Waals surface area contributed by atoms with Crippen LogP contribution in [0.1, 0.15) is 5.56 Å². The zero-order valence-corrected chi connectivity index (χ0v) is 15.9. The van der Waals surface area contributed by atoms with Crippen molar-refractivity contribution in [3.8, 4) is 0 Å². The Labute approximate surface area is 150 Å². The summed E-state index contributed by atoms with van der Waals surface area (Å²) in [4.78, 5) is 0.149. The van der Waals surface area contributed by atoms with Gasteiger partial charge >= 0.3 is 0 Å². The van der Waals surface area contributed by atoms with Crippen LogP contribution >= 0.6 is 50.1 Å². The third-order valence-electron chi connectivity index (χ3n) is 2.70. The standard InChI is InChI=1S/C13H11BrClIN2O2S/c14-10-3-1-8(7-17)5-13(10)21(19,20)18-12-4-2-9(15)6-11(12)16/h1-6,18H,7,17H2. The number of hydrogen-bond donors (Lipinski definition) is 2. The molecule has 2 aromatic rings. The summed E-state index contributed by atoms with van der Waals surface area (Å²) in [7, 11) is -3.71. The van der Waals surface area contributed by atoms with Crippen LogP contribution in [-0.4, -0.2) is 8.42 Å². The van der Waals surface area contributed by atoms with Crippen LogP contribution < -0.4 is 10.5 Å². The van der Waals surface area contributed by atoms with Crippen LogP contribution in [0.3, 0.4) is 0 Å². The fourth-order valence-electron chi connectivity index (χ4n) is 1.65. The van der Waals surface area contributed by atoms with E-state index in [1.807, 2.05) is 22.6 Å². The molecule has 4 nitrogen and oxygen atoms in total. The predicted molar refractivity (Wildman–Crippen MR) is 97.0 cm³/mol. The van der Waals surface area contributed by atoms with E-state index in [-0.39, 0.29) is 11.4 Å². The Morgan fingerprint density at radius 3 is 2.57 bits per heavy atom. The van der Waals surface area contributed by atoms with Crippen LogP contribution in [0.5, 0.6) is 0 Å². The normalized spacial score (nSPS) is 11.4. The Morgan fingerprint density at radius 1 is 1.24 bits per heavy atom. The van der Waals surface area contributed by atoms with Crippen molar-refractivity contribution in [3.05, 3.63) is 55.0 Å². The molecule has 21 heavy (non-hydrogen) atoms. The van der Waals surface area contributed by atoms with Gasteiger partial charge in [-0.25, -0.2) is 8.42 Å². The summed E-state index contributed by atoms with van der Waals surface area (Å²) in [6, 6.07) is 9.94. The van der Waals surface area contributed by atoms with E-state index in [2.05, 4.69) is 20.7 Å². The summed E-state index contributed by atoms with van der Waals surface area (Å²) < 4.78 is 28.8. The van der Waals surface area contributed by atoms with Crippen LogP contribution in [0.4, 0.5) is 5.69 Å². The Bertz CT molecular complexity index is 784. The van der Waals surface area contributed by atoms with Crippen molar-refractivity contribution in [3.63, 3.8) is 0 Å². The molecule has 0 bridgehead atoms. The lowest BCUT2D eigenvalue weighted by atomic mass is 10.2. The van der Waals surface area contributed by atoms with Crippen LogP contribution in [0.2, 0.25) is 5.02 Å². The van der Waals surface area contributed by atoms with E-state index in [0.29, 0.717) is 15.2 Å². The fourth-order valence-corrected chi connectivity index (χ4v) is 4.94. The van der Waals surface area contributed by atoms with Gasteiger partial charge in [-0.1, -0.05) is 17.7 Å². The first-order chi connectivity index (χ1) is 9.83. The van der Waals surface area contributed by atoms with E-state index in [0.717, 1.165) is 9.13 Å². The number of nitrogens with one attached hydrogen (secondary N) is 1. The molecule has 0 saturated heterocycles. The quantitative estimate of drug-likeness (QED) is 0.623. The number of rotatable bonds is 4. The van der Waals surface area contributed by atoms with Gasteiger partial charge < -0.3 is 5.73 Å². The first kappa shape index (κ1) is 17.0. The molecule has 3 N–H and O–H groups in total. The summed E-state index contributed by atoms with van der Waals surface area (Å²) in [6.45, 7) is 0.272. The number of halogens is 3. The molecular weight excluding hydrogens is 490 g/mol. The van der Waals surface area contributed by atoms with Gasteiger partial charge in [-0.15, -0.1) is 0 Å². The van der Waals surface area contributed by atoms with Crippen LogP contribution in [-0.2, 0) is 16.6 Å². The molecule has 0 spiro atoms. The van der Waals surface area contributed by atoms with Gasteiger partial charge in [-0.3, -0.25) is 4.72 Å². The van der Waals surface area contributed by atoms with Gasteiger partial charge in [0, 0.05) is 19.6 Å². The largest absolute Gasteiger partial charge is 0.326 e. The lowest BCUT2D eigenvalue weighted by Crippen LogP contribution is -2.15. The molecule has 0 aliphatic heterocycles. The summed E-state index contributed by atoms with van der Waals surface area (Å²) in [5.41, 5.74) is 6.78. The molecule has 0 saturated carbocycles. The average molecular weight is 502 g/mol. The summed E-state index contributed by atoms with van der Waals surface area (Å²) >= 11 is 11.1. The fraction of sp³-hybridized carbons (Fsp3) is 0.0769. The molecule has 112 valence electrons. The minimum absolute atomic E-state index is 0.149. The van der Waals surface area contributed by atoms with Crippen LogP contribution in [0.15, 0.2) is 45.8 Å². The highest BCUT2D eigenvalue weighted by Gasteiger charge is 2.19. The Morgan fingerprint density at radius 2 is 1.95 bits per heavy atom. The lowest BCUT2D eigenvalue weighted by molar-refractivity contribution is 0.600. The van der Waals surface area contributed by atoms with Crippen molar-refractivity contribution in [2.24, 2.45) is 5.73 Å². The number of sulfonamides is 1. The van der Waals surface area contributed by atoms with Crippen LogP contribution in [0, 0.1) is 3.57 Å². The Hall–Kier alpha value is -0.350. The SMILES string of the molecule is NCc1ccc(Br)c(S(=O)(=O)Nc2ccc(Cl)cc2I)c1. The van der Waals surface area contributed by atoms with E-state index in [4.69, 9.17) is 17.3 Å². The highest BCUT2D eigenvalue weighted by atomic mass is 127. The van der Waals surface area contributed by atoms with Crippen molar-refractivity contribution >= 4 is 65.8 Å². The van der Waals surface area contributed by atoms with Gasteiger partial charge in [0.05, 0.1) is 5.69 Å². The Balaban J connectivity index is 2.43. The van der Waals surface area contributed by atoms with Gasteiger partial charge in [0.1, 0.15) is 4.90 Å². The lowest BCUT2D eigenvalue weighted by Gasteiger charge is -2.12. The monoisotopic (exact) mass is 500 g/mol. The second-order valence-corrected chi connectivity index (χ2v) is 8.30. The summed E-state index contributed by atoms with van der Waals surface area (Å²) in [6.07, 6.45) is 0. The smallest absolute Gasteiger partial charge is 0.263 e. The summed E-state index contributed by atoms with van der Waals surface area (Å²) in [5, 5.41) is 0.550. The predicted octanol–water partition coefficient (Wildman–Crippen LogP) is 3.97. The Kier molecular flexibility index (Phi) is 5.53. The number of benzene rings is 2. The minimum Gasteiger partial charge on any atom is -0.326 e.